The second-order valence-corrected chi connectivity index (χ2v) is 7.73. The number of piperidine rings is 1. The van der Waals surface area contributed by atoms with Crippen LogP contribution in [0.2, 0.25) is 0 Å². The minimum Gasteiger partial charge on any atom is -0.372 e. The van der Waals surface area contributed by atoms with Gasteiger partial charge >= 0.3 is 0 Å². The van der Waals surface area contributed by atoms with E-state index in [0.29, 0.717) is 11.8 Å². The molecule has 2 atom stereocenters. The summed E-state index contributed by atoms with van der Waals surface area (Å²) in [5, 5.41) is 0. The van der Waals surface area contributed by atoms with Crippen LogP contribution < -0.4 is 10.5 Å². The summed E-state index contributed by atoms with van der Waals surface area (Å²) >= 11 is 0. The molecule has 138 valence electrons. The van der Waals surface area contributed by atoms with Crippen molar-refractivity contribution in [2.45, 2.75) is 39.3 Å². The molecule has 2 aromatic rings. The average Bonchev–Trinajstić information content (AvgIpc) is 2.65. The number of anilines is 1. The van der Waals surface area contributed by atoms with Crippen LogP contribution in [0.1, 0.15) is 37.4 Å². The van der Waals surface area contributed by atoms with Crippen molar-refractivity contribution in [3.63, 3.8) is 0 Å². The first kappa shape index (κ1) is 17.3. The van der Waals surface area contributed by atoms with E-state index in [2.05, 4.69) is 54.0 Å². The molecule has 2 aliphatic heterocycles. The van der Waals surface area contributed by atoms with Gasteiger partial charge in [0.05, 0.1) is 0 Å². The van der Waals surface area contributed by atoms with Crippen molar-refractivity contribution in [3.05, 3.63) is 64.1 Å². The SMILES string of the molecule is CCN(CC)c1ccc(CN2C[C@@H]3C[C@@H](C2)c2cccc(=O)n2C3)cc1. The van der Waals surface area contributed by atoms with Crippen molar-refractivity contribution >= 4 is 5.69 Å². The van der Waals surface area contributed by atoms with Gasteiger partial charge in [-0.2, -0.15) is 0 Å². The topological polar surface area (TPSA) is 28.5 Å². The van der Waals surface area contributed by atoms with Crippen molar-refractivity contribution in [2.75, 3.05) is 31.1 Å². The average molecular weight is 351 g/mol. The predicted octanol–water partition coefficient (Wildman–Crippen LogP) is 3.31. The van der Waals surface area contributed by atoms with E-state index in [-0.39, 0.29) is 5.56 Å². The largest absolute Gasteiger partial charge is 0.372 e. The molecule has 1 aromatic heterocycles. The maximum Gasteiger partial charge on any atom is 0.250 e. The first-order valence-electron chi connectivity index (χ1n) is 9.94. The van der Waals surface area contributed by atoms with Crippen molar-refractivity contribution in [1.82, 2.24) is 9.47 Å². The third kappa shape index (κ3) is 3.30. The summed E-state index contributed by atoms with van der Waals surface area (Å²) < 4.78 is 2.01. The summed E-state index contributed by atoms with van der Waals surface area (Å²) in [6.45, 7) is 10.5. The summed E-state index contributed by atoms with van der Waals surface area (Å²) in [7, 11) is 0. The highest BCUT2D eigenvalue weighted by atomic mass is 16.1. The Morgan fingerprint density at radius 3 is 2.50 bits per heavy atom. The van der Waals surface area contributed by atoms with Gasteiger partial charge in [0.1, 0.15) is 0 Å². The number of hydrogen-bond donors (Lipinski definition) is 0. The van der Waals surface area contributed by atoms with Crippen LogP contribution in [0.3, 0.4) is 0 Å². The second-order valence-electron chi connectivity index (χ2n) is 7.73. The summed E-state index contributed by atoms with van der Waals surface area (Å²) in [4.78, 5) is 17.1. The summed E-state index contributed by atoms with van der Waals surface area (Å²) in [5.74, 6) is 1.09. The van der Waals surface area contributed by atoms with Crippen LogP contribution in [0.4, 0.5) is 5.69 Å². The highest BCUT2D eigenvalue weighted by Crippen LogP contribution is 2.35. The Bertz CT molecular complexity index is 807. The maximum absolute atomic E-state index is 12.1. The van der Waals surface area contributed by atoms with Crippen molar-refractivity contribution < 1.29 is 0 Å². The summed E-state index contributed by atoms with van der Waals surface area (Å²) in [6, 6.07) is 14.8. The van der Waals surface area contributed by atoms with Crippen LogP contribution in [0.25, 0.3) is 0 Å². The van der Waals surface area contributed by atoms with E-state index in [0.717, 1.165) is 39.3 Å². The summed E-state index contributed by atoms with van der Waals surface area (Å²) in [6.07, 6.45) is 1.22. The van der Waals surface area contributed by atoms with Crippen LogP contribution in [0.5, 0.6) is 0 Å². The van der Waals surface area contributed by atoms with E-state index in [4.69, 9.17) is 0 Å². The molecule has 2 aliphatic rings. The Morgan fingerprint density at radius 1 is 1.00 bits per heavy atom. The van der Waals surface area contributed by atoms with Gasteiger partial charge in [0.15, 0.2) is 0 Å². The van der Waals surface area contributed by atoms with Crippen LogP contribution in [0.15, 0.2) is 47.3 Å². The van der Waals surface area contributed by atoms with Crippen molar-refractivity contribution in [3.8, 4) is 0 Å². The fourth-order valence-electron chi connectivity index (χ4n) is 4.78. The predicted molar refractivity (Wildman–Crippen MR) is 107 cm³/mol. The lowest BCUT2D eigenvalue weighted by molar-refractivity contribution is 0.114. The lowest BCUT2D eigenvalue weighted by atomic mass is 9.83. The van der Waals surface area contributed by atoms with Crippen LogP contribution >= 0.6 is 0 Å². The van der Waals surface area contributed by atoms with Crippen LogP contribution in [-0.2, 0) is 13.1 Å². The van der Waals surface area contributed by atoms with E-state index in [1.807, 2.05) is 10.6 Å². The Kier molecular flexibility index (Phi) is 4.86. The van der Waals surface area contributed by atoms with Crippen LogP contribution in [0, 0.1) is 5.92 Å². The molecule has 0 radical (unpaired) electrons. The molecule has 3 heterocycles. The molecule has 1 saturated heterocycles. The molecule has 26 heavy (non-hydrogen) atoms. The number of hydrogen-bond acceptors (Lipinski definition) is 3. The molecule has 0 spiro atoms. The molecule has 4 rings (SSSR count). The lowest BCUT2D eigenvalue weighted by Crippen LogP contribution is -2.46. The van der Waals surface area contributed by atoms with Crippen molar-refractivity contribution in [1.29, 1.82) is 0 Å². The molecular formula is C22H29N3O. The minimum absolute atomic E-state index is 0.164. The highest BCUT2D eigenvalue weighted by molar-refractivity contribution is 5.47. The monoisotopic (exact) mass is 351 g/mol. The van der Waals surface area contributed by atoms with E-state index < -0.39 is 0 Å². The Balaban J connectivity index is 1.47. The fourth-order valence-corrected chi connectivity index (χ4v) is 4.78. The van der Waals surface area contributed by atoms with E-state index in [1.165, 1.54) is 23.4 Å². The second kappa shape index (κ2) is 7.28. The third-order valence-electron chi connectivity index (χ3n) is 6.03. The molecule has 4 nitrogen and oxygen atoms in total. The van der Waals surface area contributed by atoms with Gasteiger partial charge in [-0.05, 0) is 49.9 Å². The molecule has 2 bridgehead atoms. The molecular weight excluding hydrogens is 322 g/mol. The van der Waals surface area contributed by atoms with Gasteiger partial charge in [0, 0.05) is 62.6 Å². The fraction of sp³-hybridized carbons (Fsp3) is 0.500. The Labute approximate surface area is 156 Å². The van der Waals surface area contributed by atoms with Gasteiger partial charge in [-0.25, -0.2) is 0 Å². The molecule has 0 N–H and O–H groups in total. The summed E-state index contributed by atoms with van der Waals surface area (Å²) in [5.41, 5.74) is 4.09. The number of rotatable bonds is 5. The first-order valence-corrected chi connectivity index (χ1v) is 9.94. The van der Waals surface area contributed by atoms with Crippen molar-refractivity contribution in [2.24, 2.45) is 5.92 Å². The minimum atomic E-state index is 0.164. The molecule has 0 unspecified atom stereocenters. The lowest BCUT2D eigenvalue weighted by Gasteiger charge is -2.42. The zero-order chi connectivity index (χ0) is 18.1. The van der Waals surface area contributed by atoms with Gasteiger partial charge in [0.25, 0.3) is 5.56 Å². The number of fused-ring (bicyclic) bond motifs is 4. The quantitative estimate of drug-likeness (QED) is 0.827. The van der Waals surface area contributed by atoms with E-state index >= 15 is 0 Å². The zero-order valence-corrected chi connectivity index (χ0v) is 15.9. The van der Waals surface area contributed by atoms with Gasteiger partial charge in [-0.1, -0.05) is 18.2 Å². The molecule has 1 fully saturated rings. The number of benzene rings is 1. The zero-order valence-electron chi connectivity index (χ0n) is 15.9. The number of aromatic nitrogens is 1. The van der Waals surface area contributed by atoms with Gasteiger partial charge in [-0.15, -0.1) is 0 Å². The molecule has 0 amide bonds. The smallest absolute Gasteiger partial charge is 0.250 e. The Hall–Kier alpha value is -2.07. The highest BCUT2D eigenvalue weighted by Gasteiger charge is 2.34. The number of pyridine rings is 1. The van der Waals surface area contributed by atoms with Crippen LogP contribution in [-0.4, -0.2) is 35.6 Å². The molecule has 0 aliphatic carbocycles. The number of likely N-dealkylation sites (tertiary alicyclic amines) is 1. The standard InChI is InChI=1S/C22H29N3O/c1-3-24(4-2)20-10-8-17(9-11-20)13-23-14-18-12-19(16-23)21-6-5-7-22(26)25(21)15-18/h5-11,18-19H,3-4,12-16H2,1-2H3/t18-,19-/m0/s1. The van der Waals surface area contributed by atoms with E-state index in [9.17, 15) is 4.79 Å². The Morgan fingerprint density at radius 2 is 1.77 bits per heavy atom. The van der Waals surface area contributed by atoms with Gasteiger partial charge in [0.2, 0.25) is 0 Å². The number of nitrogens with zero attached hydrogens (tertiary/aromatic N) is 3. The first-order chi connectivity index (χ1) is 12.7. The molecule has 4 heteroatoms. The molecule has 0 saturated carbocycles. The normalized spacial score (nSPS) is 22.1. The van der Waals surface area contributed by atoms with Gasteiger partial charge in [-0.3, -0.25) is 9.69 Å². The maximum atomic E-state index is 12.1. The van der Waals surface area contributed by atoms with E-state index in [1.54, 1.807) is 6.07 Å². The molecule has 1 aromatic carbocycles. The third-order valence-corrected chi connectivity index (χ3v) is 6.03. The van der Waals surface area contributed by atoms with Gasteiger partial charge < -0.3 is 9.47 Å².